The molecule has 3 heterocycles. The van der Waals surface area contributed by atoms with Gasteiger partial charge in [0.05, 0.1) is 17.3 Å². The predicted molar refractivity (Wildman–Crippen MR) is 100 cm³/mol. The Labute approximate surface area is 150 Å². The maximum absolute atomic E-state index is 4.64. The number of benzene rings is 1. The van der Waals surface area contributed by atoms with E-state index in [1.807, 2.05) is 15.3 Å². The van der Waals surface area contributed by atoms with Crippen molar-refractivity contribution in [1.29, 1.82) is 0 Å². The van der Waals surface area contributed by atoms with Gasteiger partial charge in [0.25, 0.3) is 0 Å². The second-order valence-electron chi connectivity index (χ2n) is 6.71. The molecule has 4 rings (SSSR count). The van der Waals surface area contributed by atoms with Crippen LogP contribution in [0.15, 0.2) is 35.9 Å². The predicted octanol–water partition coefficient (Wildman–Crippen LogP) is 3.83. The summed E-state index contributed by atoms with van der Waals surface area (Å²) >= 11 is 1.70. The van der Waals surface area contributed by atoms with E-state index in [1.54, 1.807) is 18.1 Å². The van der Waals surface area contributed by atoms with Crippen molar-refractivity contribution in [3.63, 3.8) is 0 Å². The first-order valence-corrected chi connectivity index (χ1v) is 9.31. The SMILES string of the molecule is Cc1ccc(-n2ncc3c2ncn2c(SCC(C)C)nnc32)c(C)c1. The molecule has 25 heavy (non-hydrogen) atoms. The number of fused-ring (bicyclic) bond motifs is 3. The largest absolute Gasteiger partial charge is 0.260 e. The number of hydrogen-bond donors (Lipinski definition) is 0. The molecular weight excluding hydrogens is 332 g/mol. The Balaban J connectivity index is 1.84. The summed E-state index contributed by atoms with van der Waals surface area (Å²) in [5.74, 6) is 1.60. The Hall–Kier alpha value is -2.41. The number of nitrogens with zero attached hydrogens (tertiary/aromatic N) is 6. The third kappa shape index (κ3) is 2.78. The molecule has 3 aromatic heterocycles. The molecule has 0 saturated carbocycles. The molecular formula is C18H20N6S. The molecule has 0 atom stereocenters. The van der Waals surface area contributed by atoms with E-state index in [-0.39, 0.29) is 0 Å². The van der Waals surface area contributed by atoms with Gasteiger partial charge in [-0.1, -0.05) is 43.3 Å². The first-order valence-electron chi connectivity index (χ1n) is 8.32. The molecule has 4 aromatic rings. The van der Waals surface area contributed by atoms with Crippen LogP contribution in [0.3, 0.4) is 0 Å². The third-order valence-electron chi connectivity index (χ3n) is 4.07. The van der Waals surface area contributed by atoms with Gasteiger partial charge in [-0.25, -0.2) is 9.67 Å². The fraction of sp³-hybridized carbons (Fsp3) is 0.333. The van der Waals surface area contributed by atoms with Gasteiger partial charge < -0.3 is 0 Å². The third-order valence-corrected chi connectivity index (χ3v) is 5.44. The van der Waals surface area contributed by atoms with Crippen molar-refractivity contribution < 1.29 is 0 Å². The highest BCUT2D eigenvalue weighted by Gasteiger charge is 2.15. The zero-order valence-electron chi connectivity index (χ0n) is 14.8. The molecule has 0 radical (unpaired) electrons. The second kappa shape index (κ2) is 6.15. The van der Waals surface area contributed by atoms with Crippen LogP contribution in [0.4, 0.5) is 0 Å². The van der Waals surface area contributed by atoms with Crippen LogP contribution in [0, 0.1) is 19.8 Å². The van der Waals surface area contributed by atoms with Crippen molar-refractivity contribution in [3.8, 4) is 5.69 Å². The van der Waals surface area contributed by atoms with Crippen molar-refractivity contribution in [1.82, 2.24) is 29.4 Å². The average molecular weight is 352 g/mol. The summed E-state index contributed by atoms with van der Waals surface area (Å²) in [6.45, 7) is 8.57. The van der Waals surface area contributed by atoms with Crippen LogP contribution < -0.4 is 0 Å². The molecule has 0 N–H and O–H groups in total. The van der Waals surface area contributed by atoms with E-state index in [0.29, 0.717) is 5.92 Å². The Morgan fingerprint density at radius 3 is 2.72 bits per heavy atom. The molecule has 0 aliphatic rings. The van der Waals surface area contributed by atoms with E-state index in [0.717, 1.165) is 33.3 Å². The number of thioether (sulfide) groups is 1. The normalized spacial score (nSPS) is 11.9. The zero-order chi connectivity index (χ0) is 17.6. The van der Waals surface area contributed by atoms with Crippen LogP contribution in [0.2, 0.25) is 0 Å². The Kier molecular flexibility index (Phi) is 3.95. The Morgan fingerprint density at radius 1 is 1.12 bits per heavy atom. The smallest absolute Gasteiger partial charge is 0.196 e. The first kappa shape index (κ1) is 16.1. The summed E-state index contributed by atoms with van der Waals surface area (Å²) in [7, 11) is 0. The summed E-state index contributed by atoms with van der Waals surface area (Å²) in [6.07, 6.45) is 3.62. The lowest BCUT2D eigenvalue weighted by molar-refractivity contribution is 0.746. The van der Waals surface area contributed by atoms with Crippen LogP contribution in [-0.2, 0) is 0 Å². The fourth-order valence-corrected chi connectivity index (χ4v) is 3.71. The van der Waals surface area contributed by atoms with Crippen LogP contribution in [0.5, 0.6) is 0 Å². The molecule has 0 amide bonds. The highest BCUT2D eigenvalue weighted by atomic mass is 32.2. The minimum absolute atomic E-state index is 0.598. The minimum Gasteiger partial charge on any atom is -0.260 e. The second-order valence-corrected chi connectivity index (χ2v) is 7.70. The minimum atomic E-state index is 0.598. The summed E-state index contributed by atoms with van der Waals surface area (Å²) in [6, 6.07) is 6.32. The number of aromatic nitrogens is 6. The Morgan fingerprint density at radius 2 is 1.96 bits per heavy atom. The van der Waals surface area contributed by atoms with Gasteiger partial charge in [-0.15, -0.1) is 10.2 Å². The molecule has 0 saturated heterocycles. The fourth-order valence-electron chi connectivity index (χ4n) is 2.86. The van der Waals surface area contributed by atoms with Crippen molar-refractivity contribution in [2.75, 3.05) is 5.75 Å². The van der Waals surface area contributed by atoms with Crippen molar-refractivity contribution in [3.05, 3.63) is 41.9 Å². The highest BCUT2D eigenvalue weighted by Crippen LogP contribution is 2.25. The van der Waals surface area contributed by atoms with Crippen LogP contribution in [-0.4, -0.2) is 35.1 Å². The van der Waals surface area contributed by atoms with E-state index in [9.17, 15) is 0 Å². The molecule has 6 nitrogen and oxygen atoms in total. The van der Waals surface area contributed by atoms with Crippen molar-refractivity contribution >= 4 is 28.4 Å². The lowest BCUT2D eigenvalue weighted by atomic mass is 10.1. The summed E-state index contributed by atoms with van der Waals surface area (Å²) in [5.41, 5.74) is 5.03. The van der Waals surface area contributed by atoms with Crippen molar-refractivity contribution in [2.24, 2.45) is 5.92 Å². The molecule has 0 aliphatic carbocycles. The molecule has 7 heteroatoms. The van der Waals surface area contributed by atoms with Gasteiger partial charge >= 0.3 is 0 Å². The van der Waals surface area contributed by atoms with E-state index in [1.165, 1.54) is 11.1 Å². The zero-order valence-corrected chi connectivity index (χ0v) is 15.6. The van der Waals surface area contributed by atoms with Gasteiger partial charge in [-0.3, -0.25) is 4.40 Å². The molecule has 1 aromatic carbocycles. The lowest BCUT2D eigenvalue weighted by Gasteiger charge is -2.08. The van der Waals surface area contributed by atoms with E-state index in [4.69, 9.17) is 0 Å². The standard InChI is InChI=1S/C18H20N6S/c1-11(2)9-25-18-22-21-17-14-8-20-24(16(14)19-10-23(17)18)15-6-5-12(3)7-13(15)4/h5-8,10-11H,9H2,1-4H3. The number of hydrogen-bond acceptors (Lipinski definition) is 5. The van der Waals surface area contributed by atoms with Crippen LogP contribution in [0.1, 0.15) is 25.0 Å². The number of rotatable bonds is 4. The lowest BCUT2D eigenvalue weighted by Crippen LogP contribution is -2.01. The number of aryl methyl sites for hydroxylation is 2. The first-order chi connectivity index (χ1) is 12.0. The highest BCUT2D eigenvalue weighted by molar-refractivity contribution is 7.99. The van der Waals surface area contributed by atoms with E-state index in [2.05, 4.69) is 66.2 Å². The van der Waals surface area contributed by atoms with Gasteiger partial charge in [-0.05, 0) is 31.4 Å². The topological polar surface area (TPSA) is 60.9 Å². The van der Waals surface area contributed by atoms with Crippen molar-refractivity contribution in [2.45, 2.75) is 32.9 Å². The summed E-state index contributed by atoms with van der Waals surface area (Å²) in [5, 5.41) is 15.0. The average Bonchev–Trinajstić information content (AvgIpc) is 3.16. The molecule has 0 spiro atoms. The van der Waals surface area contributed by atoms with E-state index < -0.39 is 0 Å². The van der Waals surface area contributed by atoms with Crippen LogP contribution in [0.25, 0.3) is 22.4 Å². The van der Waals surface area contributed by atoms with Gasteiger partial charge in [0.2, 0.25) is 0 Å². The molecule has 128 valence electrons. The van der Waals surface area contributed by atoms with Gasteiger partial charge in [0.15, 0.2) is 16.5 Å². The maximum atomic E-state index is 4.64. The van der Waals surface area contributed by atoms with Gasteiger partial charge in [0.1, 0.15) is 6.33 Å². The molecule has 0 fully saturated rings. The monoisotopic (exact) mass is 352 g/mol. The van der Waals surface area contributed by atoms with Crippen LogP contribution >= 0.6 is 11.8 Å². The molecule has 0 bridgehead atoms. The molecule has 0 aliphatic heterocycles. The van der Waals surface area contributed by atoms with E-state index >= 15 is 0 Å². The quantitative estimate of drug-likeness (QED) is 0.522. The maximum Gasteiger partial charge on any atom is 0.196 e. The summed E-state index contributed by atoms with van der Waals surface area (Å²) in [4.78, 5) is 4.64. The van der Waals surface area contributed by atoms with Gasteiger partial charge in [0, 0.05) is 5.75 Å². The Bertz CT molecular complexity index is 1060. The summed E-state index contributed by atoms with van der Waals surface area (Å²) < 4.78 is 3.82. The van der Waals surface area contributed by atoms with Gasteiger partial charge in [-0.2, -0.15) is 5.10 Å². The molecule has 0 unspecified atom stereocenters.